The van der Waals surface area contributed by atoms with Crippen molar-refractivity contribution in [2.45, 2.75) is 52.6 Å². The molecule has 0 aliphatic heterocycles. The minimum Gasteiger partial charge on any atom is -0.383 e. The number of nitrogens with zero attached hydrogens (tertiary/aromatic N) is 2. The molecule has 0 saturated carbocycles. The van der Waals surface area contributed by atoms with Crippen molar-refractivity contribution < 1.29 is 0 Å². The lowest BCUT2D eigenvalue weighted by Gasteiger charge is -2.44. The van der Waals surface area contributed by atoms with Crippen molar-refractivity contribution in [3.63, 3.8) is 0 Å². The Kier molecular flexibility index (Phi) is 6.43. The Morgan fingerprint density at radius 3 is 2.45 bits per heavy atom. The Labute approximate surface area is 123 Å². The molecule has 1 unspecified atom stereocenters. The average Bonchev–Trinajstić information content (AvgIpc) is 2.41. The van der Waals surface area contributed by atoms with E-state index in [4.69, 9.17) is 5.73 Å². The van der Waals surface area contributed by atoms with E-state index in [1.807, 2.05) is 6.07 Å². The highest BCUT2D eigenvalue weighted by molar-refractivity contribution is 5.39. The van der Waals surface area contributed by atoms with E-state index >= 15 is 0 Å². The Bertz CT molecular complexity index is 399. The van der Waals surface area contributed by atoms with E-state index in [-0.39, 0.29) is 5.54 Å². The Balaban J connectivity index is 2.96. The van der Waals surface area contributed by atoms with Crippen molar-refractivity contribution in [3.8, 4) is 0 Å². The zero-order chi connectivity index (χ0) is 15.2. The maximum atomic E-state index is 6.00. The molecule has 3 N–H and O–H groups in total. The fourth-order valence-corrected chi connectivity index (χ4v) is 2.92. The van der Waals surface area contributed by atoms with Gasteiger partial charge < -0.3 is 11.1 Å². The molecule has 1 aromatic rings. The Hall–Kier alpha value is -1.13. The second-order valence-corrected chi connectivity index (χ2v) is 5.69. The molecule has 0 aliphatic rings. The van der Waals surface area contributed by atoms with Crippen LogP contribution in [0.3, 0.4) is 0 Å². The highest BCUT2D eigenvalue weighted by Gasteiger charge is 2.33. The second-order valence-electron chi connectivity index (χ2n) is 5.69. The van der Waals surface area contributed by atoms with Crippen LogP contribution in [-0.2, 0) is 6.42 Å². The lowest BCUT2D eigenvalue weighted by atomic mass is 9.87. The van der Waals surface area contributed by atoms with Gasteiger partial charge in [0, 0.05) is 17.8 Å². The monoisotopic (exact) mass is 278 g/mol. The third-order valence-corrected chi connectivity index (χ3v) is 4.23. The van der Waals surface area contributed by atoms with Crippen LogP contribution in [0.25, 0.3) is 0 Å². The first kappa shape index (κ1) is 16.9. The van der Waals surface area contributed by atoms with Crippen LogP contribution in [0.15, 0.2) is 18.3 Å². The zero-order valence-electron chi connectivity index (χ0n) is 13.6. The molecule has 0 amide bonds. The SMILES string of the molecule is CCNC(Cc1cccnc1N)C(C)(C)N(CC)CC. The fourth-order valence-electron chi connectivity index (χ4n) is 2.92. The van der Waals surface area contributed by atoms with Gasteiger partial charge in [0.05, 0.1) is 0 Å². The number of anilines is 1. The first-order valence-electron chi connectivity index (χ1n) is 7.65. The number of rotatable bonds is 8. The molecule has 0 aliphatic carbocycles. The van der Waals surface area contributed by atoms with E-state index in [2.05, 4.69) is 55.9 Å². The number of hydrogen-bond donors (Lipinski definition) is 2. The average molecular weight is 278 g/mol. The molecule has 1 atom stereocenters. The Morgan fingerprint density at radius 2 is 1.95 bits per heavy atom. The molecule has 0 aromatic carbocycles. The number of likely N-dealkylation sites (N-methyl/N-ethyl adjacent to an activating group) is 2. The largest absolute Gasteiger partial charge is 0.383 e. The van der Waals surface area contributed by atoms with Gasteiger partial charge in [-0.15, -0.1) is 0 Å². The summed E-state index contributed by atoms with van der Waals surface area (Å²) in [5.74, 6) is 0.644. The van der Waals surface area contributed by atoms with Gasteiger partial charge in [-0.05, 0) is 51.5 Å². The van der Waals surface area contributed by atoms with E-state index in [1.54, 1.807) is 6.20 Å². The second kappa shape index (κ2) is 7.60. The Morgan fingerprint density at radius 1 is 1.30 bits per heavy atom. The van der Waals surface area contributed by atoms with Crippen molar-refractivity contribution >= 4 is 5.82 Å². The van der Waals surface area contributed by atoms with Gasteiger partial charge in [-0.3, -0.25) is 4.90 Å². The number of nitrogens with one attached hydrogen (secondary N) is 1. The quantitative estimate of drug-likeness (QED) is 0.766. The number of nitrogens with two attached hydrogens (primary N) is 1. The topological polar surface area (TPSA) is 54.2 Å². The molecule has 1 heterocycles. The van der Waals surface area contributed by atoms with Crippen LogP contribution in [0.5, 0.6) is 0 Å². The van der Waals surface area contributed by atoms with Crippen LogP contribution >= 0.6 is 0 Å². The van der Waals surface area contributed by atoms with Crippen LogP contribution in [0.4, 0.5) is 5.82 Å². The predicted molar refractivity (Wildman–Crippen MR) is 86.8 cm³/mol. The van der Waals surface area contributed by atoms with Gasteiger partial charge in [0.15, 0.2) is 0 Å². The molecular formula is C16H30N4. The number of nitrogen functional groups attached to an aromatic ring is 1. The molecule has 20 heavy (non-hydrogen) atoms. The van der Waals surface area contributed by atoms with Crippen LogP contribution in [0, 0.1) is 0 Å². The summed E-state index contributed by atoms with van der Waals surface area (Å²) in [5.41, 5.74) is 7.19. The van der Waals surface area contributed by atoms with Crippen molar-refractivity contribution in [1.29, 1.82) is 0 Å². The van der Waals surface area contributed by atoms with Gasteiger partial charge in [0.1, 0.15) is 5.82 Å². The third kappa shape index (κ3) is 3.93. The van der Waals surface area contributed by atoms with Gasteiger partial charge in [-0.25, -0.2) is 4.98 Å². The molecule has 0 saturated heterocycles. The fraction of sp³-hybridized carbons (Fsp3) is 0.688. The molecule has 1 rings (SSSR count). The van der Waals surface area contributed by atoms with E-state index in [9.17, 15) is 0 Å². The zero-order valence-corrected chi connectivity index (χ0v) is 13.6. The summed E-state index contributed by atoms with van der Waals surface area (Å²) in [4.78, 5) is 6.69. The van der Waals surface area contributed by atoms with Crippen LogP contribution in [0.1, 0.15) is 40.2 Å². The highest BCUT2D eigenvalue weighted by atomic mass is 15.2. The smallest absolute Gasteiger partial charge is 0.126 e. The lowest BCUT2D eigenvalue weighted by Crippen LogP contribution is -2.58. The summed E-state index contributed by atoms with van der Waals surface area (Å²) in [7, 11) is 0. The van der Waals surface area contributed by atoms with Crippen LogP contribution in [0.2, 0.25) is 0 Å². The summed E-state index contributed by atoms with van der Waals surface area (Å²) in [6, 6.07) is 4.38. The first-order valence-corrected chi connectivity index (χ1v) is 7.65. The third-order valence-electron chi connectivity index (χ3n) is 4.23. The molecule has 114 valence electrons. The molecule has 0 radical (unpaired) electrons. The van der Waals surface area contributed by atoms with Crippen molar-refractivity contribution in [1.82, 2.24) is 15.2 Å². The summed E-state index contributed by atoms with van der Waals surface area (Å²) >= 11 is 0. The summed E-state index contributed by atoms with van der Waals surface area (Å²) in [6.45, 7) is 14.2. The summed E-state index contributed by atoms with van der Waals surface area (Å²) < 4.78 is 0. The van der Waals surface area contributed by atoms with Gasteiger partial charge in [0.2, 0.25) is 0 Å². The lowest BCUT2D eigenvalue weighted by molar-refractivity contribution is 0.0918. The molecular weight excluding hydrogens is 248 g/mol. The van der Waals surface area contributed by atoms with E-state index in [1.165, 1.54) is 0 Å². The maximum absolute atomic E-state index is 6.00. The minimum absolute atomic E-state index is 0.0712. The molecule has 0 fully saturated rings. The summed E-state index contributed by atoms with van der Waals surface area (Å²) in [6.07, 6.45) is 2.65. The molecule has 1 aromatic heterocycles. The normalized spacial score (nSPS) is 13.7. The van der Waals surface area contributed by atoms with Crippen LogP contribution < -0.4 is 11.1 Å². The van der Waals surface area contributed by atoms with E-state index in [0.717, 1.165) is 31.6 Å². The molecule has 0 bridgehead atoms. The number of aromatic nitrogens is 1. The van der Waals surface area contributed by atoms with Crippen molar-refractivity contribution in [2.24, 2.45) is 0 Å². The van der Waals surface area contributed by atoms with E-state index in [0.29, 0.717) is 11.9 Å². The maximum Gasteiger partial charge on any atom is 0.126 e. The predicted octanol–water partition coefficient (Wildman–Crippen LogP) is 2.30. The van der Waals surface area contributed by atoms with Crippen LogP contribution in [-0.4, -0.2) is 41.1 Å². The number of hydrogen-bond acceptors (Lipinski definition) is 4. The molecule has 0 spiro atoms. The van der Waals surface area contributed by atoms with Gasteiger partial charge in [-0.2, -0.15) is 0 Å². The van der Waals surface area contributed by atoms with Gasteiger partial charge in [-0.1, -0.05) is 26.8 Å². The van der Waals surface area contributed by atoms with Crippen molar-refractivity contribution in [2.75, 3.05) is 25.4 Å². The van der Waals surface area contributed by atoms with Gasteiger partial charge in [0.25, 0.3) is 0 Å². The highest BCUT2D eigenvalue weighted by Crippen LogP contribution is 2.23. The number of pyridine rings is 1. The summed E-state index contributed by atoms with van der Waals surface area (Å²) in [5, 5.41) is 3.62. The minimum atomic E-state index is 0.0712. The standard InChI is InChI=1S/C16H30N4/c1-6-18-14(16(4,5)20(7-2)8-3)12-13-10-9-11-19-15(13)17/h9-11,14,18H,6-8,12H2,1-5H3,(H2,17,19). The molecule has 4 heteroatoms. The van der Waals surface area contributed by atoms with Crippen molar-refractivity contribution in [3.05, 3.63) is 23.9 Å². The van der Waals surface area contributed by atoms with E-state index < -0.39 is 0 Å². The van der Waals surface area contributed by atoms with Gasteiger partial charge >= 0.3 is 0 Å². The molecule has 4 nitrogen and oxygen atoms in total. The first-order chi connectivity index (χ1) is 9.47.